The van der Waals surface area contributed by atoms with E-state index in [4.69, 9.17) is 4.89 Å². The lowest BCUT2D eigenvalue weighted by molar-refractivity contribution is -0.116. The third-order valence-electron chi connectivity index (χ3n) is 1.01. The van der Waals surface area contributed by atoms with Crippen LogP contribution in [0.1, 0.15) is 0 Å². The van der Waals surface area contributed by atoms with E-state index in [2.05, 4.69) is 11.9 Å². The largest absolute Gasteiger partial charge is 0.352 e. The number of carbonyl (C=O) groups excluding carboxylic acids is 1. The molecular formula is C6H12NO3P. The second kappa shape index (κ2) is 4.31. The van der Waals surface area contributed by atoms with Gasteiger partial charge in [0.1, 0.15) is 0 Å². The van der Waals surface area contributed by atoms with E-state index >= 15 is 0 Å². The number of carbonyl (C=O) groups is 1. The SMILES string of the molecule is C=CC(=O)NCCP(C)(=O)O. The first-order chi connectivity index (χ1) is 4.95. The van der Waals surface area contributed by atoms with Gasteiger partial charge in [0.05, 0.1) is 0 Å². The molecule has 0 bridgehead atoms. The normalized spacial score (nSPS) is 15.1. The van der Waals surface area contributed by atoms with Crippen molar-refractivity contribution in [1.82, 2.24) is 5.32 Å². The van der Waals surface area contributed by atoms with Gasteiger partial charge >= 0.3 is 0 Å². The van der Waals surface area contributed by atoms with E-state index < -0.39 is 7.37 Å². The highest BCUT2D eigenvalue weighted by molar-refractivity contribution is 7.57. The molecule has 0 saturated heterocycles. The zero-order chi connectivity index (χ0) is 8.91. The van der Waals surface area contributed by atoms with Crippen LogP contribution in [0.3, 0.4) is 0 Å². The van der Waals surface area contributed by atoms with Crippen LogP contribution in [0.15, 0.2) is 12.7 Å². The number of nitrogens with one attached hydrogen (secondary N) is 1. The monoisotopic (exact) mass is 177 g/mol. The van der Waals surface area contributed by atoms with Crippen LogP contribution >= 0.6 is 7.37 Å². The van der Waals surface area contributed by atoms with E-state index in [1.807, 2.05) is 0 Å². The maximum absolute atomic E-state index is 10.7. The maximum Gasteiger partial charge on any atom is 0.243 e. The highest BCUT2D eigenvalue weighted by Crippen LogP contribution is 2.33. The van der Waals surface area contributed by atoms with Gasteiger partial charge in [-0.15, -0.1) is 0 Å². The lowest BCUT2D eigenvalue weighted by Gasteiger charge is -2.04. The fraction of sp³-hybridized carbons (Fsp3) is 0.500. The van der Waals surface area contributed by atoms with Crippen molar-refractivity contribution < 1.29 is 14.3 Å². The molecule has 2 N–H and O–H groups in total. The summed E-state index contributed by atoms with van der Waals surface area (Å²) < 4.78 is 10.7. The quantitative estimate of drug-likeness (QED) is 0.475. The van der Waals surface area contributed by atoms with Crippen LogP contribution in [-0.4, -0.2) is 30.2 Å². The predicted octanol–water partition coefficient (Wildman–Crippen LogP) is 0.189. The molecule has 0 aromatic carbocycles. The molecule has 1 atom stereocenters. The van der Waals surface area contributed by atoms with Crippen molar-refractivity contribution in [2.75, 3.05) is 19.4 Å². The first-order valence-corrected chi connectivity index (χ1v) is 5.44. The minimum Gasteiger partial charge on any atom is -0.352 e. The molecule has 64 valence electrons. The summed E-state index contributed by atoms with van der Waals surface area (Å²) in [6.07, 6.45) is 1.23. The van der Waals surface area contributed by atoms with Gasteiger partial charge in [0.15, 0.2) is 7.37 Å². The summed E-state index contributed by atoms with van der Waals surface area (Å²) >= 11 is 0. The van der Waals surface area contributed by atoms with Gasteiger partial charge in [0.25, 0.3) is 0 Å². The molecular weight excluding hydrogens is 165 g/mol. The van der Waals surface area contributed by atoms with E-state index in [-0.39, 0.29) is 18.6 Å². The van der Waals surface area contributed by atoms with E-state index in [1.54, 1.807) is 0 Å². The second-order valence-corrected chi connectivity index (χ2v) is 4.82. The maximum atomic E-state index is 10.7. The van der Waals surface area contributed by atoms with Gasteiger partial charge in [-0.2, -0.15) is 0 Å². The van der Waals surface area contributed by atoms with Crippen molar-refractivity contribution in [1.29, 1.82) is 0 Å². The predicted molar refractivity (Wildman–Crippen MR) is 43.8 cm³/mol. The number of hydrogen-bond acceptors (Lipinski definition) is 2. The molecule has 0 aliphatic carbocycles. The lowest BCUT2D eigenvalue weighted by atomic mass is 10.6. The van der Waals surface area contributed by atoms with Gasteiger partial charge in [-0.25, -0.2) is 0 Å². The molecule has 0 spiro atoms. The molecule has 0 aromatic heterocycles. The van der Waals surface area contributed by atoms with Crippen molar-refractivity contribution >= 4 is 13.3 Å². The van der Waals surface area contributed by atoms with E-state index in [1.165, 1.54) is 6.66 Å². The summed E-state index contributed by atoms with van der Waals surface area (Å²) in [5.74, 6) is -0.321. The molecule has 1 unspecified atom stereocenters. The molecule has 0 rings (SSSR count). The average Bonchev–Trinajstić information content (AvgIpc) is 1.85. The summed E-state index contributed by atoms with van der Waals surface area (Å²) in [7, 11) is -2.98. The molecule has 1 amide bonds. The Morgan fingerprint density at radius 3 is 2.73 bits per heavy atom. The molecule has 0 saturated carbocycles. The summed E-state index contributed by atoms with van der Waals surface area (Å²) in [4.78, 5) is 19.3. The first-order valence-electron chi connectivity index (χ1n) is 3.15. The Morgan fingerprint density at radius 2 is 2.36 bits per heavy atom. The zero-order valence-corrected chi connectivity index (χ0v) is 7.30. The Balaban J connectivity index is 3.51. The minimum atomic E-state index is -2.98. The highest BCUT2D eigenvalue weighted by atomic mass is 31.2. The number of hydrogen-bond donors (Lipinski definition) is 2. The molecule has 0 aliphatic rings. The van der Waals surface area contributed by atoms with Crippen LogP contribution in [-0.2, 0) is 9.36 Å². The molecule has 0 aliphatic heterocycles. The Labute approximate surface area is 65.8 Å². The standard InChI is InChI=1S/C6H12NO3P/c1-3-6(8)7-4-5-11(2,9)10/h3H,1,4-5H2,2H3,(H,7,8)(H,9,10). The summed E-state index contributed by atoms with van der Waals surface area (Å²) in [6.45, 7) is 4.71. The molecule has 5 heteroatoms. The van der Waals surface area contributed by atoms with E-state index in [0.717, 1.165) is 6.08 Å². The average molecular weight is 177 g/mol. The van der Waals surface area contributed by atoms with E-state index in [9.17, 15) is 9.36 Å². The molecule has 11 heavy (non-hydrogen) atoms. The summed E-state index contributed by atoms with van der Waals surface area (Å²) in [5.41, 5.74) is 0. The molecule has 0 radical (unpaired) electrons. The van der Waals surface area contributed by atoms with Crippen molar-refractivity contribution in [2.45, 2.75) is 0 Å². The zero-order valence-electron chi connectivity index (χ0n) is 6.41. The van der Waals surface area contributed by atoms with Gasteiger partial charge in [0, 0.05) is 19.4 Å². The van der Waals surface area contributed by atoms with E-state index in [0.29, 0.717) is 0 Å². The van der Waals surface area contributed by atoms with Crippen molar-refractivity contribution in [3.8, 4) is 0 Å². The molecule has 0 fully saturated rings. The van der Waals surface area contributed by atoms with Crippen molar-refractivity contribution in [3.63, 3.8) is 0 Å². The highest BCUT2D eigenvalue weighted by Gasteiger charge is 2.08. The van der Waals surface area contributed by atoms with Gasteiger partial charge in [-0.05, 0) is 6.08 Å². The van der Waals surface area contributed by atoms with Gasteiger partial charge in [-0.1, -0.05) is 6.58 Å². The topological polar surface area (TPSA) is 66.4 Å². The summed E-state index contributed by atoms with van der Waals surface area (Å²) in [5, 5.41) is 2.40. The second-order valence-electron chi connectivity index (χ2n) is 2.27. The van der Waals surface area contributed by atoms with Gasteiger partial charge < -0.3 is 10.2 Å². The molecule has 0 aromatic rings. The smallest absolute Gasteiger partial charge is 0.243 e. The van der Waals surface area contributed by atoms with Gasteiger partial charge in [-0.3, -0.25) is 9.36 Å². The van der Waals surface area contributed by atoms with Crippen molar-refractivity contribution in [2.24, 2.45) is 0 Å². The third kappa shape index (κ3) is 7.30. The fourth-order valence-electron chi connectivity index (χ4n) is 0.459. The number of amides is 1. The molecule has 4 nitrogen and oxygen atoms in total. The Morgan fingerprint density at radius 1 is 1.82 bits per heavy atom. The lowest BCUT2D eigenvalue weighted by Crippen LogP contribution is -2.24. The van der Waals surface area contributed by atoms with Crippen LogP contribution in [0, 0.1) is 0 Å². The number of rotatable bonds is 4. The van der Waals surface area contributed by atoms with Crippen molar-refractivity contribution in [3.05, 3.63) is 12.7 Å². The van der Waals surface area contributed by atoms with Gasteiger partial charge in [0.2, 0.25) is 5.91 Å². The van der Waals surface area contributed by atoms with Crippen LogP contribution in [0.25, 0.3) is 0 Å². The Bertz CT molecular complexity index is 196. The van der Waals surface area contributed by atoms with Crippen LogP contribution in [0.2, 0.25) is 0 Å². The van der Waals surface area contributed by atoms with Crippen LogP contribution in [0.4, 0.5) is 0 Å². The van der Waals surface area contributed by atoms with Crippen LogP contribution in [0.5, 0.6) is 0 Å². The first kappa shape index (κ1) is 10.4. The molecule has 0 heterocycles. The summed E-state index contributed by atoms with van der Waals surface area (Å²) in [6, 6.07) is 0. The minimum absolute atomic E-state index is 0.104. The Hall–Kier alpha value is -0.600. The Kier molecular flexibility index (Phi) is 4.08. The van der Waals surface area contributed by atoms with Crippen LogP contribution < -0.4 is 5.32 Å². The third-order valence-corrected chi connectivity index (χ3v) is 2.06. The fourth-order valence-corrected chi connectivity index (χ4v) is 0.985.